The maximum atomic E-state index is 12.5. The molecule has 0 heterocycles. The van der Waals surface area contributed by atoms with Crippen LogP contribution in [0, 0.1) is 0 Å². The van der Waals surface area contributed by atoms with E-state index in [9.17, 15) is 14.2 Å². The number of rotatable bonds is 46. The zero-order chi connectivity index (χ0) is 42.5. The van der Waals surface area contributed by atoms with E-state index in [1.165, 1.54) is 173 Å². The monoisotopic (exact) mass is 841 g/mol. The Morgan fingerprint density at radius 1 is 0.448 bits per heavy atom. The number of ether oxygens (including phenoxy) is 2. The fourth-order valence-corrected chi connectivity index (χ4v) is 7.65. The Labute approximate surface area is 358 Å². The van der Waals surface area contributed by atoms with Gasteiger partial charge < -0.3 is 19.3 Å². The standard InChI is InChI=1S/C49H93O8P/c1-3-5-7-9-11-13-15-17-19-21-23-24-26-27-29-31-33-35-37-39-41-43-48(50)55-45-47(46-56-58(52,53)54)57-49(51)44-42-40-38-36-34-32-30-28-25-22-20-18-16-14-12-10-8-6-4-2/h12,14,18,20,47H,3-11,13,15-17,19,21-46H2,1-2H3,(H2,52,53,54)/b14-12+,20-18+/t47-/m1/s1. The molecule has 0 rings (SSSR count). The van der Waals surface area contributed by atoms with Crippen LogP contribution in [0.5, 0.6) is 0 Å². The molecule has 0 bridgehead atoms. The quantitative estimate of drug-likeness (QED) is 0.0269. The number of hydrogen-bond acceptors (Lipinski definition) is 6. The van der Waals surface area contributed by atoms with Crippen LogP contribution in [0.1, 0.15) is 258 Å². The summed E-state index contributed by atoms with van der Waals surface area (Å²) < 4.78 is 26.5. The van der Waals surface area contributed by atoms with Crippen molar-refractivity contribution < 1.29 is 37.9 Å². The Morgan fingerprint density at radius 3 is 1.17 bits per heavy atom. The van der Waals surface area contributed by atoms with Gasteiger partial charge >= 0.3 is 19.8 Å². The Hall–Kier alpha value is -1.47. The summed E-state index contributed by atoms with van der Waals surface area (Å²) in [6, 6.07) is 0. The number of carbonyl (C=O) groups is 2. The third-order valence-corrected chi connectivity index (χ3v) is 11.5. The molecule has 0 aromatic heterocycles. The Morgan fingerprint density at radius 2 is 0.776 bits per heavy atom. The molecule has 342 valence electrons. The maximum absolute atomic E-state index is 12.5. The summed E-state index contributed by atoms with van der Waals surface area (Å²) in [6.07, 6.45) is 53.3. The van der Waals surface area contributed by atoms with Crippen LogP contribution in [0.15, 0.2) is 24.3 Å². The van der Waals surface area contributed by atoms with Gasteiger partial charge in [-0.15, -0.1) is 0 Å². The molecule has 0 saturated carbocycles. The first-order valence-electron chi connectivity index (χ1n) is 24.6. The average molecular weight is 841 g/mol. The Bertz CT molecular complexity index is 993. The summed E-state index contributed by atoms with van der Waals surface area (Å²) in [7, 11) is -4.76. The fourth-order valence-electron chi connectivity index (χ4n) is 7.29. The Balaban J connectivity index is 3.80. The molecule has 0 unspecified atom stereocenters. The van der Waals surface area contributed by atoms with E-state index in [-0.39, 0.29) is 19.4 Å². The highest BCUT2D eigenvalue weighted by Gasteiger charge is 2.23. The van der Waals surface area contributed by atoms with Gasteiger partial charge in [-0.25, -0.2) is 4.57 Å². The van der Waals surface area contributed by atoms with Crippen molar-refractivity contribution in [3.8, 4) is 0 Å². The molecule has 9 heteroatoms. The lowest BCUT2D eigenvalue weighted by Gasteiger charge is -2.18. The first kappa shape index (κ1) is 56.5. The van der Waals surface area contributed by atoms with E-state index >= 15 is 0 Å². The minimum atomic E-state index is -4.76. The van der Waals surface area contributed by atoms with Gasteiger partial charge in [0.1, 0.15) is 6.61 Å². The third kappa shape index (κ3) is 47.2. The first-order valence-corrected chi connectivity index (χ1v) is 26.2. The van der Waals surface area contributed by atoms with Crippen LogP contribution in [0.4, 0.5) is 0 Å². The summed E-state index contributed by atoms with van der Waals surface area (Å²) in [6.45, 7) is 3.70. The highest BCUT2D eigenvalue weighted by Crippen LogP contribution is 2.36. The number of hydrogen-bond donors (Lipinski definition) is 2. The topological polar surface area (TPSA) is 119 Å². The lowest BCUT2D eigenvalue weighted by atomic mass is 10.0. The van der Waals surface area contributed by atoms with Gasteiger partial charge in [0.25, 0.3) is 0 Å². The Kier molecular flexibility index (Phi) is 43.9. The van der Waals surface area contributed by atoms with Crippen LogP contribution >= 0.6 is 7.82 Å². The molecular formula is C49H93O8P. The van der Waals surface area contributed by atoms with Crippen molar-refractivity contribution in [2.45, 2.75) is 264 Å². The van der Waals surface area contributed by atoms with Crippen LogP contribution in [0.3, 0.4) is 0 Å². The largest absolute Gasteiger partial charge is 0.469 e. The molecule has 0 radical (unpaired) electrons. The maximum Gasteiger partial charge on any atom is 0.469 e. The summed E-state index contributed by atoms with van der Waals surface area (Å²) in [5.41, 5.74) is 0. The molecule has 1 atom stereocenters. The first-order chi connectivity index (χ1) is 28.3. The second-order valence-corrected chi connectivity index (χ2v) is 18.0. The fraction of sp³-hybridized carbons (Fsp3) is 0.878. The molecule has 0 aliphatic rings. The van der Waals surface area contributed by atoms with E-state index in [0.717, 1.165) is 51.4 Å². The molecule has 0 spiro atoms. The molecule has 0 aliphatic carbocycles. The van der Waals surface area contributed by atoms with Crippen molar-refractivity contribution in [3.05, 3.63) is 24.3 Å². The van der Waals surface area contributed by atoms with Gasteiger partial charge in [0.15, 0.2) is 6.10 Å². The van der Waals surface area contributed by atoms with Gasteiger partial charge in [-0.1, -0.05) is 224 Å². The van der Waals surface area contributed by atoms with E-state index in [4.69, 9.17) is 19.3 Å². The van der Waals surface area contributed by atoms with E-state index in [1.54, 1.807) is 0 Å². The average Bonchev–Trinajstić information content (AvgIpc) is 3.20. The number of carbonyl (C=O) groups excluding carboxylic acids is 2. The molecule has 0 aromatic rings. The molecule has 0 fully saturated rings. The number of unbranched alkanes of at least 4 members (excludes halogenated alkanes) is 32. The van der Waals surface area contributed by atoms with Crippen LogP contribution in [-0.4, -0.2) is 41.0 Å². The van der Waals surface area contributed by atoms with Gasteiger partial charge in [0.05, 0.1) is 6.61 Å². The molecule has 0 aromatic carbocycles. The highest BCUT2D eigenvalue weighted by atomic mass is 31.2. The van der Waals surface area contributed by atoms with Crippen molar-refractivity contribution in [3.63, 3.8) is 0 Å². The zero-order valence-electron chi connectivity index (χ0n) is 38.0. The zero-order valence-corrected chi connectivity index (χ0v) is 38.9. The van der Waals surface area contributed by atoms with Crippen LogP contribution in [0.25, 0.3) is 0 Å². The predicted molar refractivity (Wildman–Crippen MR) is 244 cm³/mol. The summed E-state index contributed by atoms with van der Waals surface area (Å²) in [4.78, 5) is 43.0. The van der Waals surface area contributed by atoms with Gasteiger partial charge in [-0.3, -0.25) is 14.1 Å². The molecule has 0 aliphatic heterocycles. The van der Waals surface area contributed by atoms with Crippen molar-refractivity contribution in [1.29, 1.82) is 0 Å². The lowest BCUT2D eigenvalue weighted by Crippen LogP contribution is -2.29. The number of allylic oxidation sites excluding steroid dienone is 4. The number of phosphoric ester groups is 1. The van der Waals surface area contributed by atoms with E-state index < -0.39 is 32.5 Å². The van der Waals surface area contributed by atoms with E-state index in [0.29, 0.717) is 6.42 Å². The number of esters is 2. The lowest BCUT2D eigenvalue weighted by molar-refractivity contribution is -0.161. The van der Waals surface area contributed by atoms with Gasteiger partial charge in [0.2, 0.25) is 0 Å². The molecule has 0 saturated heterocycles. The molecule has 58 heavy (non-hydrogen) atoms. The highest BCUT2D eigenvalue weighted by molar-refractivity contribution is 7.46. The van der Waals surface area contributed by atoms with Gasteiger partial charge in [-0.05, 0) is 44.9 Å². The molecule has 2 N–H and O–H groups in total. The second kappa shape index (κ2) is 45.1. The summed E-state index contributed by atoms with van der Waals surface area (Å²) in [5, 5.41) is 0. The number of phosphoric acid groups is 1. The summed E-state index contributed by atoms with van der Waals surface area (Å²) in [5.74, 6) is -0.875. The van der Waals surface area contributed by atoms with Crippen LogP contribution < -0.4 is 0 Å². The van der Waals surface area contributed by atoms with Crippen LogP contribution in [-0.2, 0) is 28.2 Å². The van der Waals surface area contributed by atoms with E-state index in [1.807, 2.05) is 0 Å². The normalized spacial score (nSPS) is 12.6. The molecule has 8 nitrogen and oxygen atoms in total. The molecule has 0 amide bonds. The van der Waals surface area contributed by atoms with Crippen LogP contribution in [0.2, 0.25) is 0 Å². The minimum Gasteiger partial charge on any atom is -0.462 e. The van der Waals surface area contributed by atoms with E-state index in [2.05, 4.69) is 42.7 Å². The van der Waals surface area contributed by atoms with Gasteiger partial charge in [0, 0.05) is 12.8 Å². The minimum absolute atomic E-state index is 0.210. The predicted octanol–water partition coefficient (Wildman–Crippen LogP) is 15.5. The van der Waals surface area contributed by atoms with Crippen molar-refractivity contribution in [1.82, 2.24) is 0 Å². The van der Waals surface area contributed by atoms with Crippen molar-refractivity contribution in [2.75, 3.05) is 13.2 Å². The molecular weight excluding hydrogens is 748 g/mol. The SMILES string of the molecule is CCCCC/C=C/C/C=C/CCCCCCCCCCCC(=O)O[C@H](COC(=O)CCCCCCCCCCCCCCCCCCCCCCC)COP(=O)(O)O. The van der Waals surface area contributed by atoms with Crippen molar-refractivity contribution in [2.24, 2.45) is 0 Å². The smallest absolute Gasteiger partial charge is 0.462 e. The van der Waals surface area contributed by atoms with Crippen molar-refractivity contribution >= 4 is 19.8 Å². The second-order valence-electron chi connectivity index (χ2n) is 16.8. The van der Waals surface area contributed by atoms with Gasteiger partial charge in [-0.2, -0.15) is 0 Å². The summed E-state index contributed by atoms with van der Waals surface area (Å²) >= 11 is 0. The third-order valence-electron chi connectivity index (χ3n) is 11.0.